The molecule has 0 spiro atoms. The molecular weight excluding hydrogens is 942 g/mol. The maximum atomic E-state index is 14.0. The summed E-state index contributed by atoms with van der Waals surface area (Å²) in [5, 5.41) is 15.4. The van der Waals surface area contributed by atoms with Crippen molar-refractivity contribution < 1.29 is 56.0 Å². The summed E-state index contributed by atoms with van der Waals surface area (Å²) in [6.07, 6.45) is -2.65. The third-order valence-electron chi connectivity index (χ3n) is 13.0. The number of nitriles is 1. The van der Waals surface area contributed by atoms with Gasteiger partial charge in [0.15, 0.2) is 5.11 Å². The zero-order valence-corrected chi connectivity index (χ0v) is 42.3. The Balaban J connectivity index is 0.873. The Morgan fingerprint density at radius 2 is 1.52 bits per heavy atom. The first-order chi connectivity index (χ1) is 33.7. The van der Waals surface area contributed by atoms with Crippen molar-refractivity contribution in [3.63, 3.8) is 0 Å². The normalized spacial score (nSPS) is 19.6. The number of anilines is 2. The molecule has 2 N–H and O–H groups in total. The average molecular weight is 1010 g/mol. The molecule has 3 aromatic carbocycles. The summed E-state index contributed by atoms with van der Waals surface area (Å²) < 4.78 is 70.3. The van der Waals surface area contributed by atoms with E-state index in [0.717, 1.165) is 28.2 Å². The molecule has 2 fully saturated rings. The second-order valence-electron chi connectivity index (χ2n) is 19.4. The van der Waals surface area contributed by atoms with Crippen LogP contribution in [0.2, 0.25) is 0 Å². The fourth-order valence-electron chi connectivity index (χ4n) is 8.89. The number of benzene rings is 3. The monoisotopic (exact) mass is 1010 g/mol. The lowest BCUT2D eigenvalue weighted by Gasteiger charge is -2.36. The minimum absolute atomic E-state index is 0.00715. The summed E-state index contributed by atoms with van der Waals surface area (Å²) >= 11 is 5.62. The molecule has 2 aliphatic heterocycles. The lowest BCUT2D eigenvalue weighted by atomic mass is 9.85. The molecule has 0 radical (unpaired) electrons. The number of rotatable bonds is 22. The Kier molecular flexibility index (Phi) is 18.3. The van der Waals surface area contributed by atoms with Crippen molar-refractivity contribution in [3.05, 3.63) is 89.0 Å². The van der Waals surface area contributed by atoms with Crippen LogP contribution in [0.25, 0.3) is 0 Å². The molecule has 1 aliphatic carbocycles. The molecule has 0 bridgehead atoms. The maximum absolute atomic E-state index is 14.0. The van der Waals surface area contributed by atoms with Gasteiger partial charge in [0, 0.05) is 24.6 Å². The summed E-state index contributed by atoms with van der Waals surface area (Å²) in [6.45, 7) is 15.7. The van der Waals surface area contributed by atoms with Gasteiger partial charge in [0.2, 0.25) is 17.7 Å². The minimum atomic E-state index is -4.80. The number of halogens is 3. The van der Waals surface area contributed by atoms with E-state index >= 15 is 0 Å². The van der Waals surface area contributed by atoms with E-state index in [1.165, 1.54) is 6.07 Å². The van der Waals surface area contributed by atoms with Gasteiger partial charge in [-0.3, -0.25) is 24.1 Å². The maximum Gasteiger partial charge on any atom is 0.417 e. The van der Waals surface area contributed by atoms with Gasteiger partial charge in [0.1, 0.15) is 30.0 Å². The van der Waals surface area contributed by atoms with Crippen molar-refractivity contribution in [1.29, 1.82) is 5.26 Å². The van der Waals surface area contributed by atoms with Gasteiger partial charge in [0.25, 0.3) is 5.91 Å². The standard InChI is InChI=1S/C52H65F3N6O9S/c1-8-33(2)45(62)58-44(50(3,4)5)47(64)59-21-11-14-41(59)46(63)57-43-39-13-10-9-12-34(39)30-42(43)70-29-27-68-25-23-66-22-24-67-26-28-69-38-19-17-36(18-20-38)61-49(71)60(48(65)51(61,6)7)37-16-15-35(32-56)40(31-37)52(53,54)55/h9-10,12-13,15-20,31,33,41-44H,8,11,14,21-30H2,1-7H3,(H,57,63)(H,58,62)/t33-,41+,42-,43+,44-/m1/s1. The van der Waals surface area contributed by atoms with Crippen LogP contribution < -0.4 is 25.2 Å². The van der Waals surface area contributed by atoms with E-state index in [9.17, 15) is 37.6 Å². The predicted octanol–water partition coefficient (Wildman–Crippen LogP) is 7.29. The number of ether oxygens (including phenoxy) is 5. The molecule has 2 saturated heterocycles. The second kappa shape index (κ2) is 23.7. The summed E-state index contributed by atoms with van der Waals surface area (Å²) in [4.78, 5) is 58.6. The Labute approximate surface area is 419 Å². The topological polar surface area (TPSA) is 172 Å². The molecule has 2 heterocycles. The summed E-state index contributed by atoms with van der Waals surface area (Å²) in [5.41, 5.74) is -0.982. The molecule has 71 heavy (non-hydrogen) atoms. The third kappa shape index (κ3) is 13.1. The first-order valence-electron chi connectivity index (χ1n) is 24.1. The molecule has 6 rings (SSSR count). The van der Waals surface area contributed by atoms with Gasteiger partial charge >= 0.3 is 6.18 Å². The number of nitrogens with one attached hydrogen (secondary N) is 2. The molecule has 3 aromatic rings. The number of amides is 4. The van der Waals surface area contributed by atoms with E-state index in [1.54, 1.807) is 54.0 Å². The van der Waals surface area contributed by atoms with Gasteiger partial charge in [-0.1, -0.05) is 58.9 Å². The van der Waals surface area contributed by atoms with Crippen LogP contribution in [-0.4, -0.2) is 117 Å². The van der Waals surface area contributed by atoms with Crippen LogP contribution in [0.15, 0.2) is 66.7 Å². The van der Waals surface area contributed by atoms with E-state index in [1.807, 2.05) is 58.9 Å². The number of fused-ring (bicyclic) bond motifs is 1. The molecular formula is C52H65F3N6O9S. The third-order valence-corrected chi connectivity index (χ3v) is 13.4. The van der Waals surface area contributed by atoms with Crippen LogP contribution in [0, 0.1) is 22.7 Å². The summed E-state index contributed by atoms with van der Waals surface area (Å²) in [7, 11) is 0. The van der Waals surface area contributed by atoms with Crippen molar-refractivity contribution in [1.82, 2.24) is 15.5 Å². The molecule has 5 atom stereocenters. The Morgan fingerprint density at radius 1 is 0.901 bits per heavy atom. The fraction of sp³-hybridized carbons (Fsp3) is 0.538. The molecule has 19 heteroatoms. The fourth-order valence-corrected chi connectivity index (χ4v) is 9.41. The van der Waals surface area contributed by atoms with E-state index in [2.05, 4.69) is 10.6 Å². The predicted molar refractivity (Wildman–Crippen MR) is 264 cm³/mol. The van der Waals surface area contributed by atoms with Gasteiger partial charge in [-0.05, 0) is 104 Å². The van der Waals surface area contributed by atoms with Gasteiger partial charge in [-0.15, -0.1) is 0 Å². The highest BCUT2D eigenvalue weighted by Gasteiger charge is 2.51. The van der Waals surface area contributed by atoms with Gasteiger partial charge < -0.3 is 44.1 Å². The van der Waals surface area contributed by atoms with Gasteiger partial charge in [-0.2, -0.15) is 18.4 Å². The van der Waals surface area contributed by atoms with Crippen LogP contribution in [0.1, 0.15) is 96.0 Å². The van der Waals surface area contributed by atoms with Gasteiger partial charge in [0.05, 0.1) is 81.3 Å². The van der Waals surface area contributed by atoms with E-state index < -0.39 is 52.3 Å². The van der Waals surface area contributed by atoms with Gasteiger partial charge in [-0.25, -0.2) is 0 Å². The Morgan fingerprint density at radius 3 is 2.14 bits per heavy atom. The van der Waals surface area contributed by atoms with Crippen molar-refractivity contribution in [2.75, 3.05) is 69.2 Å². The smallest absolute Gasteiger partial charge is 0.417 e. The van der Waals surface area contributed by atoms with E-state index in [-0.39, 0.29) is 53.8 Å². The average Bonchev–Trinajstić information content (AvgIpc) is 4.01. The number of hydrogen-bond acceptors (Lipinski definition) is 11. The lowest BCUT2D eigenvalue weighted by molar-refractivity contribution is -0.144. The van der Waals surface area contributed by atoms with E-state index in [0.29, 0.717) is 83.3 Å². The van der Waals surface area contributed by atoms with Crippen LogP contribution in [0.5, 0.6) is 5.75 Å². The molecule has 15 nitrogen and oxygen atoms in total. The lowest BCUT2D eigenvalue weighted by Crippen LogP contribution is -2.58. The SMILES string of the molecule is CC[C@@H](C)C(=O)N[C@H](C(=O)N1CCC[C@H]1C(=O)N[C@H]1c2ccccc2C[C@H]1OCCOCCOCCOCCOc1ccc(N2C(=S)N(c3ccc(C#N)c(C(F)(F)F)c3)C(=O)C2(C)C)cc1)C(C)(C)C. The molecule has 384 valence electrons. The number of nitrogens with zero attached hydrogens (tertiary/aromatic N) is 4. The first kappa shape index (κ1) is 54.7. The van der Waals surface area contributed by atoms with Crippen LogP contribution in [0.3, 0.4) is 0 Å². The zero-order chi connectivity index (χ0) is 51.7. The minimum Gasteiger partial charge on any atom is -0.491 e. The number of likely N-dealkylation sites (tertiary alicyclic amines) is 1. The Hall–Kier alpha value is -5.65. The highest BCUT2D eigenvalue weighted by atomic mass is 32.1. The quantitative estimate of drug-likeness (QED) is 0.0762. The first-order valence-corrected chi connectivity index (χ1v) is 24.5. The zero-order valence-electron chi connectivity index (χ0n) is 41.4. The van der Waals surface area contributed by atoms with Crippen LogP contribution in [-0.2, 0) is 50.7 Å². The summed E-state index contributed by atoms with van der Waals surface area (Å²) in [5.74, 6) is -0.898. The van der Waals surface area contributed by atoms with Crippen molar-refractivity contribution in [2.24, 2.45) is 11.3 Å². The van der Waals surface area contributed by atoms with Crippen molar-refractivity contribution in [2.45, 2.75) is 110 Å². The number of carbonyl (C=O) groups is 4. The Bertz CT molecular complexity index is 2420. The van der Waals surface area contributed by atoms with E-state index in [4.69, 9.17) is 35.9 Å². The van der Waals surface area contributed by atoms with Crippen molar-refractivity contribution in [3.8, 4) is 11.8 Å². The molecule has 0 saturated carbocycles. The van der Waals surface area contributed by atoms with Crippen molar-refractivity contribution >= 4 is 52.3 Å². The second-order valence-corrected chi connectivity index (χ2v) is 19.8. The molecule has 4 amide bonds. The molecule has 0 aromatic heterocycles. The number of thiocarbonyl (C=S) groups is 1. The summed E-state index contributed by atoms with van der Waals surface area (Å²) in [6, 6.07) is 17.5. The number of hydrogen-bond donors (Lipinski definition) is 2. The molecule has 0 unspecified atom stereocenters. The van der Waals surface area contributed by atoms with Crippen LogP contribution in [0.4, 0.5) is 24.5 Å². The van der Waals surface area contributed by atoms with Crippen LogP contribution >= 0.6 is 12.2 Å². The number of carbonyl (C=O) groups excluding carboxylic acids is 4. The number of alkyl halides is 3. The highest BCUT2D eigenvalue weighted by molar-refractivity contribution is 7.81. The largest absolute Gasteiger partial charge is 0.491 e. The molecule has 3 aliphatic rings. The highest BCUT2D eigenvalue weighted by Crippen LogP contribution is 2.40.